The maximum atomic E-state index is 11.4. The van der Waals surface area contributed by atoms with Crippen LogP contribution in [0.1, 0.15) is 39.5 Å². The highest BCUT2D eigenvalue weighted by molar-refractivity contribution is 5.78. The summed E-state index contributed by atoms with van der Waals surface area (Å²) in [6.07, 6.45) is 2.77. The summed E-state index contributed by atoms with van der Waals surface area (Å²) in [5, 5.41) is 11.3. The number of carboxylic acids is 1. The number of aliphatic carboxylic acids is 1. The lowest BCUT2D eigenvalue weighted by Crippen LogP contribution is -2.45. The van der Waals surface area contributed by atoms with Gasteiger partial charge in [-0.2, -0.15) is 0 Å². The summed E-state index contributed by atoms with van der Waals surface area (Å²) in [7, 11) is 0. The van der Waals surface area contributed by atoms with Crippen LogP contribution in [0.4, 0.5) is 0 Å². The average molecular weight is 199 g/mol. The predicted octanol–water partition coefficient (Wildman–Crippen LogP) is 1.16. The summed E-state index contributed by atoms with van der Waals surface area (Å²) < 4.78 is 0. The van der Waals surface area contributed by atoms with Crippen LogP contribution in [0.3, 0.4) is 0 Å². The molecule has 0 aromatic carbocycles. The van der Waals surface area contributed by atoms with E-state index in [4.69, 9.17) is 5.11 Å². The van der Waals surface area contributed by atoms with Crippen molar-refractivity contribution >= 4 is 11.9 Å². The van der Waals surface area contributed by atoms with Gasteiger partial charge in [-0.1, -0.05) is 0 Å². The fourth-order valence-corrected chi connectivity index (χ4v) is 1.43. The van der Waals surface area contributed by atoms with Gasteiger partial charge in [0.05, 0.1) is 6.42 Å². The van der Waals surface area contributed by atoms with Crippen molar-refractivity contribution in [3.8, 4) is 0 Å². The van der Waals surface area contributed by atoms with Crippen molar-refractivity contribution in [3.05, 3.63) is 0 Å². The Bertz CT molecular complexity index is 244. The first-order valence-electron chi connectivity index (χ1n) is 4.92. The Balaban J connectivity index is 2.31. The lowest BCUT2D eigenvalue weighted by atomic mass is 10.0. The molecule has 0 aliphatic heterocycles. The van der Waals surface area contributed by atoms with E-state index < -0.39 is 11.5 Å². The van der Waals surface area contributed by atoms with Crippen LogP contribution in [0.25, 0.3) is 0 Å². The predicted molar refractivity (Wildman–Crippen MR) is 51.8 cm³/mol. The zero-order valence-corrected chi connectivity index (χ0v) is 8.67. The molecule has 0 aromatic heterocycles. The van der Waals surface area contributed by atoms with Crippen LogP contribution < -0.4 is 5.32 Å². The second kappa shape index (κ2) is 3.98. The molecular formula is C10H17NO3. The molecule has 4 nitrogen and oxygen atoms in total. The largest absolute Gasteiger partial charge is 0.481 e. The van der Waals surface area contributed by atoms with Crippen molar-refractivity contribution in [3.63, 3.8) is 0 Å². The van der Waals surface area contributed by atoms with Gasteiger partial charge in [0.1, 0.15) is 0 Å². The third-order valence-electron chi connectivity index (χ3n) is 2.24. The van der Waals surface area contributed by atoms with E-state index in [2.05, 4.69) is 5.32 Å². The normalized spacial score (nSPS) is 16.4. The summed E-state index contributed by atoms with van der Waals surface area (Å²) >= 11 is 0. The second-order valence-corrected chi connectivity index (χ2v) is 4.65. The van der Waals surface area contributed by atoms with Crippen LogP contribution in [0.5, 0.6) is 0 Å². The number of carboxylic acid groups (broad SMARTS) is 1. The maximum absolute atomic E-state index is 11.4. The van der Waals surface area contributed by atoms with Gasteiger partial charge < -0.3 is 10.4 Å². The highest BCUT2D eigenvalue weighted by Crippen LogP contribution is 2.32. The average Bonchev–Trinajstić information content (AvgIpc) is 2.64. The highest BCUT2D eigenvalue weighted by Gasteiger charge is 2.28. The molecule has 1 saturated carbocycles. The molecule has 0 aromatic rings. The Kier molecular flexibility index (Phi) is 3.13. The number of nitrogens with one attached hydrogen (secondary N) is 1. The Hall–Kier alpha value is -1.06. The first-order valence-corrected chi connectivity index (χ1v) is 4.92. The molecule has 0 bridgehead atoms. The molecule has 4 heteroatoms. The van der Waals surface area contributed by atoms with Crippen LogP contribution in [-0.2, 0) is 9.59 Å². The highest BCUT2D eigenvalue weighted by atomic mass is 16.4. The number of hydrogen-bond donors (Lipinski definition) is 2. The van der Waals surface area contributed by atoms with E-state index >= 15 is 0 Å². The molecule has 1 fully saturated rings. The van der Waals surface area contributed by atoms with Crippen molar-refractivity contribution in [1.82, 2.24) is 5.32 Å². The van der Waals surface area contributed by atoms with E-state index in [0.29, 0.717) is 12.3 Å². The topological polar surface area (TPSA) is 66.4 Å². The van der Waals surface area contributed by atoms with Gasteiger partial charge in [-0.05, 0) is 32.6 Å². The Labute approximate surface area is 83.7 Å². The third kappa shape index (κ3) is 4.25. The lowest BCUT2D eigenvalue weighted by Gasteiger charge is -2.24. The first kappa shape index (κ1) is 11.0. The van der Waals surface area contributed by atoms with E-state index in [-0.39, 0.29) is 12.3 Å². The standard InChI is InChI=1S/C10H17NO3/c1-10(2,6-9(13)14)11-8(12)5-7-3-4-7/h7H,3-6H2,1-2H3,(H,11,12)(H,13,14). The number of rotatable bonds is 5. The molecule has 0 saturated heterocycles. The number of amides is 1. The van der Waals surface area contributed by atoms with Gasteiger partial charge in [0, 0.05) is 12.0 Å². The van der Waals surface area contributed by atoms with Crippen molar-refractivity contribution in [2.24, 2.45) is 5.92 Å². The van der Waals surface area contributed by atoms with Gasteiger partial charge in [0.2, 0.25) is 5.91 Å². The van der Waals surface area contributed by atoms with Gasteiger partial charge in [-0.15, -0.1) is 0 Å². The summed E-state index contributed by atoms with van der Waals surface area (Å²) in [5.74, 6) is -0.379. The fourth-order valence-electron chi connectivity index (χ4n) is 1.43. The molecule has 1 aliphatic rings. The zero-order valence-electron chi connectivity index (χ0n) is 8.67. The van der Waals surface area contributed by atoms with Crippen LogP contribution in [0.2, 0.25) is 0 Å². The Morgan fingerprint density at radius 3 is 2.43 bits per heavy atom. The van der Waals surface area contributed by atoms with Crippen molar-refractivity contribution in [2.75, 3.05) is 0 Å². The molecule has 2 N–H and O–H groups in total. The Morgan fingerprint density at radius 1 is 1.43 bits per heavy atom. The molecular weight excluding hydrogens is 182 g/mol. The molecule has 14 heavy (non-hydrogen) atoms. The van der Waals surface area contributed by atoms with E-state index in [1.807, 2.05) is 0 Å². The first-order chi connectivity index (χ1) is 6.39. The van der Waals surface area contributed by atoms with Crippen molar-refractivity contribution in [1.29, 1.82) is 0 Å². The Morgan fingerprint density at radius 2 is 2.00 bits per heavy atom. The molecule has 0 atom stereocenters. The number of carbonyl (C=O) groups excluding carboxylic acids is 1. The van der Waals surface area contributed by atoms with Gasteiger partial charge in [-0.25, -0.2) is 0 Å². The van der Waals surface area contributed by atoms with Gasteiger partial charge >= 0.3 is 5.97 Å². The smallest absolute Gasteiger partial charge is 0.305 e. The van der Waals surface area contributed by atoms with Gasteiger partial charge in [0.15, 0.2) is 0 Å². The minimum Gasteiger partial charge on any atom is -0.481 e. The van der Waals surface area contributed by atoms with E-state index in [0.717, 1.165) is 12.8 Å². The van der Waals surface area contributed by atoms with Crippen LogP contribution >= 0.6 is 0 Å². The summed E-state index contributed by atoms with van der Waals surface area (Å²) in [5.41, 5.74) is -0.641. The molecule has 0 unspecified atom stereocenters. The summed E-state index contributed by atoms with van der Waals surface area (Å²) in [6, 6.07) is 0. The fraction of sp³-hybridized carbons (Fsp3) is 0.800. The molecule has 1 amide bonds. The molecule has 1 rings (SSSR count). The van der Waals surface area contributed by atoms with E-state index in [1.165, 1.54) is 0 Å². The van der Waals surface area contributed by atoms with Crippen molar-refractivity contribution < 1.29 is 14.7 Å². The maximum Gasteiger partial charge on any atom is 0.305 e. The van der Waals surface area contributed by atoms with Crippen molar-refractivity contribution in [2.45, 2.75) is 45.1 Å². The second-order valence-electron chi connectivity index (χ2n) is 4.65. The van der Waals surface area contributed by atoms with E-state index in [1.54, 1.807) is 13.8 Å². The minimum absolute atomic E-state index is 0.0289. The SMILES string of the molecule is CC(C)(CC(=O)O)NC(=O)CC1CC1. The molecule has 0 spiro atoms. The van der Waals surface area contributed by atoms with Gasteiger partial charge in [-0.3, -0.25) is 9.59 Å². The molecule has 0 radical (unpaired) electrons. The van der Waals surface area contributed by atoms with Crippen LogP contribution in [0, 0.1) is 5.92 Å². The summed E-state index contributed by atoms with van der Waals surface area (Å²) in [6.45, 7) is 3.46. The third-order valence-corrected chi connectivity index (χ3v) is 2.24. The minimum atomic E-state index is -0.887. The molecule has 80 valence electrons. The van der Waals surface area contributed by atoms with E-state index in [9.17, 15) is 9.59 Å². The lowest BCUT2D eigenvalue weighted by molar-refractivity contribution is -0.138. The number of carbonyl (C=O) groups is 2. The quantitative estimate of drug-likeness (QED) is 0.698. The monoisotopic (exact) mass is 199 g/mol. The summed E-state index contributed by atoms with van der Waals surface area (Å²) in [4.78, 5) is 21.9. The number of hydrogen-bond acceptors (Lipinski definition) is 2. The van der Waals surface area contributed by atoms with Crippen LogP contribution in [0.15, 0.2) is 0 Å². The molecule has 1 aliphatic carbocycles. The molecule has 0 heterocycles. The van der Waals surface area contributed by atoms with Gasteiger partial charge in [0.25, 0.3) is 0 Å². The zero-order chi connectivity index (χ0) is 10.8. The van der Waals surface area contributed by atoms with Crippen LogP contribution in [-0.4, -0.2) is 22.5 Å².